The SMILES string of the molecule is CCC(N)c1ccc(N(C)CC2(N(C)C)CCC2)cc1. The van der Waals surface area contributed by atoms with Crippen LogP contribution in [-0.4, -0.2) is 38.1 Å². The number of hydrogen-bond acceptors (Lipinski definition) is 3. The van der Waals surface area contributed by atoms with Crippen LogP contribution in [0.2, 0.25) is 0 Å². The van der Waals surface area contributed by atoms with Crippen LogP contribution >= 0.6 is 0 Å². The van der Waals surface area contributed by atoms with Gasteiger partial charge in [-0.15, -0.1) is 0 Å². The lowest BCUT2D eigenvalue weighted by atomic mass is 9.75. The van der Waals surface area contributed by atoms with Crippen molar-refractivity contribution in [1.29, 1.82) is 0 Å². The van der Waals surface area contributed by atoms with E-state index in [2.05, 4.69) is 62.1 Å². The smallest absolute Gasteiger partial charge is 0.0378 e. The quantitative estimate of drug-likeness (QED) is 0.866. The van der Waals surface area contributed by atoms with E-state index in [9.17, 15) is 0 Å². The van der Waals surface area contributed by atoms with Crippen molar-refractivity contribution >= 4 is 5.69 Å². The van der Waals surface area contributed by atoms with Gasteiger partial charge in [-0.05, 0) is 57.5 Å². The molecule has 0 bridgehead atoms. The second-order valence-corrected chi connectivity index (χ2v) is 6.43. The van der Waals surface area contributed by atoms with Gasteiger partial charge in [0.1, 0.15) is 0 Å². The molecule has 0 spiro atoms. The number of anilines is 1. The third-order valence-corrected chi connectivity index (χ3v) is 4.97. The van der Waals surface area contributed by atoms with Gasteiger partial charge in [0, 0.05) is 30.9 Å². The van der Waals surface area contributed by atoms with Crippen molar-refractivity contribution < 1.29 is 0 Å². The zero-order valence-electron chi connectivity index (χ0n) is 13.4. The van der Waals surface area contributed by atoms with Crippen LogP contribution in [0, 0.1) is 0 Å². The summed E-state index contributed by atoms with van der Waals surface area (Å²) in [5.41, 5.74) is 8.96. The molecule has 1 fully saturated rings. The Hall–Kier alpha value is -1.06. The molecule has 1 atom stereocenters. The summed E-state index contributed by atoms with van der Waals surface area (Å²) in [7, 11) is 6.60. The van der Waals surface area contributed by atoms with E-state index in [-0.39, 0.29) is 6.04 Å². The summed E-state index contributed by atoms with van der Waals surface area (Å²) in [6, 6.07) is 8.90. The average molecular weight is 275 g/mol. The summed E-state index contributed by atoms with van der Waals surface area (Å²) >= 11 is 0. The Balaban J connectivity index is 2.04. The second-order valence-electron chi connectivity index (χ2n) is 6.43. The van der Waals surface area contributed by atoms with E-state index in [1.807, 2.05) is 0 Å². The highest BCUT2D eigenvalue weighted by molar-refractivity contribution is 5.48. The lowest BCUT2D eigenvalue weighted by Gasteiger charge is -2.49. The van der Waals surface area contributed by atoms with Gasteiger partial charge in [-0.2, -0.15) is 0 Å². The predicted molar refractivity (Wildman–Crippen MR) is 87.2 cm³/mol. The minimum Gasteiger partial charge on any atom is -0.373 e. The van der Waals surface area contributed by atoms with Crippen molar-refractivity contribution in [3.05, 3.63) is 29.8 Å². The third kappa shape index (κ3) is 2.99. The molecule has 3 nitrogen and oxygen atoms in total. The van der Waals surface area contributed by atoms with Crippen LogP contribution in [0.1, 0.15) is 44.2 Å². The van der Waals surface area contributed by atoms with E-state index in [4.69, 9.17) is 5.73 Å². The molecule has 2 N–H and O–H groups in total. The average Bonchev–Trinajstić information content (AvgIpc) is 2.41. The summed E-state index contributed by atoms with van der Waals surface area (Å²) in [6.07, 6.45) is 4.96. The van der Waals surface area contributed by atoms with E-state index in [1.54, 1.807) is 0 Å². The van der Waals surface area contributed by atoms with Gasteiger partial charge >= 0.3 is 0 Å². The molecule has 3 heteroatoms. The molecule has 0 aromatic heterocycles. The van der Waals surface area contributed by atoms with Gasteiger partial charge in [0.15, 0.2) is 0 Å². The Morgan fingerprint density at radius 3 is 2.15 bits per heavy atom. The molecule has 0 saturated heterocycles. The van der Waals surface area contributed by atoms with Crippen molar-refractivity contribution in [3.63, 3.8) is 0 Å². The zero-order valence-corrected chi connectivity index (χ0v) is 13.4. The van der Waals surface area contributed by atoms with Crippen LogP contribution in [0.5, 0.6) is 0 Å². The van der Waals surface area contributed by atoms with Crippen molar-refractivity contribution in [1.82, 2.24) is 4.90 Å². The Morgan fingerprint density at radius 2 is 1.75 bits per heavy atom. The van der Waals surface area contributed by atoms with E-state index in [1.165, 1.54) is 30.5 Å². The van der Waals surface area contributed by atoms with Gasteiger partial charge < -0.3 is 15.5 Å². The first-order chi connectivity index (χ1) is 9.48. The second kappa shape index (κ2) is 6.15. The van der Waals surface area contributed by atoms with Crippen LogP contribution in [0.3, 0.4) is 0 Å². The maximum atomic E-state index is 6.07. The highest BCUT2D eigenvalue weighted by atomic mass is 15.2. The maximum Gasteiger partial charge on any atom is 0.0378 e. The van der Waals surface area contributed by atoms with Crippen LogP contribution in [0.25, 0.3) is 0 Å². The molecule has 1 aliphatic rings. The number of nitrogens with two attached hydrogens (primary N) is 1. The Morgan fingerprint density at radius 1 is 1.15 bits per heavy atom. The fourth-order valence-electron chi connectivity index (χ4n) is 3.08. The first-order valence-electron chi connectivity index (χ1n) is 7.72. The summed E-state index contributed by atoms with van der Waals surface area (Å²) < 4.78 is 0. The minimum absolute atomic E-state index is 0.161. The van der Waals surface area contributed by atoms with E-state index in [0.717, 1.165) is 13.0 Å². The molecular formula is C17H29N3. The maximum absolute atomic E-state index is 6.07. The molecule has 1 aliphatic carbocycles. The van der Waals surface area contributed by atoms with Gasteiger partial charge in [-0.25, -0.2) is 0 Å². The summed E-state index contributed by atoms with van der Waals surface area (Å²) in [5.74, 6) is 0. The summed E-state index contributed by atoms with van der Waals surface area (Å²) in [4.78, 5) is 4.77. The van der Waals surface area contributed by atoms with Crippen molar-refractivity contribution in [2.75, 3.05) is 32.6 Å². The van der Waals surface area contributed by atoms with Crippen molar-refractivity contribution in [3.8, 4) is 0 Å². The van der Waals surface area contributed by atoms with Gasteiger partial charge in [-0.1, -0.05) is 19.1 Å². The van der Waals surface area contributed by atoms with Crippen molar-refractivity contribution in [2.45, 2.75) is 44.2 Å². The highest BCUT2D eigenvalue weighted by Gasteiger charge is 2.39. The van der Waals surface area contributed by atoms with Crippen LogP contribution in [-0.2, 0) is 0 Å². The number of likely N-dealkylation sites (N-methyl/N-ethyl adjacent to an activating group) is 2. The number of rotatable bonds is 6. The molecule has 1 aromatic carbocycles. The first-order valence-corrected chi connectivity index (χ1v) is 7.72. The number of nitrogens with zero attached hydrogens (tertiary/aromatic N) is 2. The monoisotopic (exact) mass is 275 g/mol. The molecule has 112 valence electrons. The van der Waals surface area contributed by atoms with Crippen LogP contribution < -0.4 is 10.6 Å². The molecule has 2 rings (SSSR count). The van der Waals surface area contributed by atoms with E-state index < -0.39 is 0 Å². The zero-order chi connectivity index (χ0) is 14.8. The minimum atomic E-state index is 0.161. The first kappa shape index (κ1) is 15.3. The molecule has 0 radical (unpaired) electrons. The molecule has 20 heavy (non-hydrogen) atoms. The molecule has 0 amide bonds. The number of benzene rings is 1. The van der Waals surface area contributed by atoms with E-state index in [0.29, 0.717) is 5.54 Å². The number of hydrogen-bond donors (Lipinski definition) is 1. The lowest BCUT2D eigenvalue weighted by molar-refractivity contribution is 0.0683. The lowest BCUT2D eigenvalue weighted by Crippen LogP contribution is -2.56. The molecule has 0 aliphatic heterocycles. The molecule has 1 aromatic rings. The predicted octanol–water partition coefficient (Wildman–Crippen LogP) is 3.02. The summed E-state index contributed by atoms with van der Waals surface area (Å²) in [6.45, 7) is 3.22. The Kier molecular flexibility index (Phi) is 4.71. The van der Waals surface area contributed by atoms with Crippen LogP contribution in [0.15, 0.2) is 24.3 Å². The van der Waals surface area contributed by atoms with Crippen LogP contribution in [0.4, 0.5) is 5.69 Å². The van der Waals surface area contributed by atoms with Gasteiger partial charge in [0.05, 0.1) is 0 Å². The Labute approximate surface area is 123 Å². The molecule has 0 heterocycles. The highest BCUT2D eigenvalue weighted by Crippen LogP contribution is 2.37. The van der Waals surface area contributed by atoms with Gasteiger partial charge in [0.2, 0.25) is 0 Å². The van der Waals surface area contributed by atoms with Gasteiger partial charge in [-0.3, -0.25) is 0 Å². The Bertz CT molecular complexity index is 420. The largest absolute Gasteiger partial charge is 0.373 e. The van der Waals surface area contributed by atoms with Crippen molar-refractivity contribution in [2.24, 2.45) is 5.73 Å². The summed E-state index contributed by atoms with van der Waals surface area (Å²) in [5, 5.41) is 0. The third-order valence-electron chi connectivity index (χ3n) is 4.97. The molecule has 1 unspecified atom stereocenters. The van der Waals surface area contributed by atoms with Gasteiger partial charge in [0.25, 0.3) is 0 Å². The topological polar surface area (TPSA) is 32.5 Å². The van der Waals surface area contributed by atoms with E-state index >= 15 is 0 Å². The fourth-order valence-corrected chi connectivity index (χ4v) is 3.08. The standard InChI is InChI=1S/C17H29N3/c1-5-16(18)14-7-9-15(10-8-14)20(4)13-17(19(2)3)11-6-12-17/h7-10,16H,5-6,11-13,18H2,1-4H3. The molecule has 1 saturated carbocycles. The normalized spacial score (nSPS) is 18.7. The fraction of sp³-hybridized carbons (Fsp3) is 0.647. The molecular weight excluding hydrogens is 246 g/mol.